The monoisotopic (exact) mass is 385 g/mol. The molecule has 142 valence electrons. The Morgan fingerprint density at radius 1 is 1.04 bits per heavy atom. The van der Waals surface area contributed by atoms with Crippen molar-refractivity contribution in [3.63, 3.8) is 0 Å². The largest absolute Gasteiger partial charge is 0.354 e. The van der Waals surface area contributed by atoms with Gasteiger partial charge in [-0.25, -0.2) is 18.4 Å². The smallest absolute Gasteiger partial charge is 0.243 e. The van der Waals surface area contributed by atoms with Crippen LogP contribution in [0.1, 0.15) is 32.2 Å². The molecule has 8 heteroatoms. The third-order valence-corrected chi connectivity index (χ3v) is 6.41. The van der Waals surface area contributed by atoms with Crippen molar-refractivity contribution < 1.29 is 8.42 Å². The quantitative estimate of drug-likeness (QED) is 0.804. The van der Waals surface area contributed by atoms with E-state index in [2.05, 4.69) is 35.6 Å². The Hall–Kier alpha value is -2.50. The van der Waals surface area contributed by atoms with Crippen LogP contribution in [0.5, 0.6) is 0 Å². The van der Waals surface area contributed by atoms with E-state index >= 15 is 0 Å². The van der Waals surface area contributed by atoms with E-state index in [-0.39, 0.29) is 10.3 Å². The highest BCUT2D eigenvalue weighted by Crippen LogP contribution is 2.23. The van der Waals surface area contributed by atoms with E-state index in [9.17, 15) is 8.42 Å². The molecule has 2 aromatic rings. The van der Waals surface area contributed by atoms with Gasteiger partial charge in [-0.1, -0.05) is 20.8 Å². The van der Waals surface area contributed by atoms with Gasteiger partial charge in [0.25, 0.3) is 0 Å². The lowest BCUT2D eigenvalue weighted by Gasteiger charge is -2.35. The van der Waals surface area contributed by atoms with Crippen molar-refractivity contribution in [2.45, 2.75) is 31.1 Å². The summed E-state index contributed by atoms with van der Waals surface area (Å²) >= 11 is 0. The van der Waals surface area contributed by atoms with E-state index in [1.807, 2.05) is 12.1 Å². The van der Waals surface area contributed by atoms with Crippen LogP contribution in [0.3, 0.4) is 0 Å². The topological polar surface area (TPSA) is 90.2 Å². The number of hydrogen-bond acceptors (Lipinski definition) is 6. The van der Waals surface area contributed by atoms with Crippen molar-refractivity contribution in [1.29, 1.82) is 5.26 Å². The van der Waals surface area contributed by atoms with Crippen LogP contribution in [0.2, 0.25) is 0 Å². The number of nitriles is 1. The zero-order chi connectivity index (χ0) is 19.7. The average molecular weight is 385 g/mol. The minimum Gasteiger partial charge on any atom is -0.354 e. The summed E-state index contributed by atoms with van der Waals surface area (Å²) in [6.45, 7) is 8.09. The second kappa shape index (κ2) is 7.25. The number of benzene rings is 1. The van der Waals surface area contributed by atoms with Gasteiger partial charge in [0.15, 0.2) is 0 Å². The lowest BCUT2D eigenvalue weighted by atomic mass is 9.96. The molecule has 0 bridgehead atoms. The minimum absolute atomic E-state index is 0.142. The lowest BCUT2D eigenvalue weighted by Crippen LogP contribution is -2.49. The fourth-order valence-electron chi connectivity index (χ4n) is 2.89. The summed E-state index contributed by atoms with van der Waals surface area (Å²) in [5, 5.41) is 8.86. The number of anilines is 1. The summed E-state index contributed by atoms with van der Waals surface area (Å²) in [4.78, 5) is 11.3. The minimum atomic E-state index is -3.56. The fraction of sp³-hybridized carbons (Fsp3) is 0.421. The molecule has 0 spiro atoms. The van der Waals surface area contributed by atoms with Crippen LogP contribution >= 0.6 is 0 Å². The molecule has 0 N–H and O–H groups in total. The molecule has 0 radical (unpaired) electrons. The van der Waals surface area contributed by atoms with E-state index in [1.165, 1.54) is 28.6 Å². The van der Waals surface area contributed by atoms with E-state index in [0.717, 1.165) is 11.6 Å². The molecule has 0 unspecified atom stereocenters. The van der Waals surface area contributed by atoms with Crippen molar-refractivity contribution in [2.75, 3.05) is 31.1 Å². The number of aromatic nitrogens is 2. The molecule has 1 saturated heterocycles. The zero-order valence-corrected chi connectivity index (χ0v) is 16.6. The summed E-state index contributed by atoms with van der Waals surface area (Å²) in [7, 11) is -3.56. The molecular formula is C19H23N5O2S. The Labute approximate surface area is 160 Å². The molecule has 0 amide bonds. The highest BCUT2D eigenvalue weighted by molar-refractivity contribution is 7.89. The first-order valence-electron chi connectivity index (χ1n) is 8.80. The molecule has 1 aromatic carbocycles. The molecule has 1 aliphatic rings. The fourth-order valence-corrected chi connectivity index (χ4v) is 4.32. The van der Waals surface area contributed by atoms with Crippen LogP contribution in [-0.2, 0) is 15.4 Å². The van der Waals surface area contributed by atoms with Crippen LogP contribution in [0.25, 0.3) is 0 Å². The van der Waals surface area contributed by atoms with Gasteiger partial charge in [-0.15, -0.1) is 0 Å². The number of rotatable bonds is 3. The molecule has 0 atom stereocenters. The van der Waals surface area contributed by atoms with Crippen LogP contribution < -0.4 is 4.90 Å². The van der Waals surface area contributed by atoms with Gasteiger partial charge in [0.2, 0.25) is 10.0 Å². The third-order valence-electron chi connectivity index (χ3n) is 4.50. The molecule has 27 heavy (non-hydrogen) atoms. The van der Waals surface area contributed by atoms with Gasteiger partial charge in [0.1, 0.15) is 11.6 Å². The molecular weight excluding hydrogens is 362 g/mol. The van der Waals surface area contributed by atoms with Crippen molar-refractivity contribution in [3.05, 3.63) is 47.9 Å². The number of hydrogen-bond donors (Lipinski definition) is 0. The summed E-state index contributed by atoms with van der Waals surface area (Å²) in [6, 6.07) is 9.88. The normalized spacial score (nSPS) is 16.1. The number of nitrogens with zero attached hydrogens (tertiary/aromatic N) is 5. The highest BCUT2D eigenvalue weighted by Gasteiger charge is 2.29. The van der Waals surface area contributed by atoms with Gasteiger partial charge < -0.3 is 4.90 Å². The maximum absolute atomic E-state index is 12.8. The lowest BCUT2D eigenvalue weighted by molar-refractivity contribution is 0.383. The van der Waals surface area contributed by atoms with E-state index in [4.69, 9.17) is 5.26 Å². The first kappa shape index (κ1) is 19.3. The van der Waals surface area contributed by atoms with Crippen LogP contribution in [-0.4, -0.2) is 48.9 Å². The third kappa shape index (κ3) is 4.10. The van der Waals surface area contributed by atoms with Crippen LogP contribution in [0.15, 0.2) is 41.4 Å². The number of piperazine rings is 1. The Kier molecular flexibility index (Phi) is 5.18. The van der Waals surface area contributed by atoms with Gasteiger partial charge in [-0.2, -0.15) is 9.57 Å². The van der Waals surface area contributed by atoms with Gasteiger partial charge in [-0.05, 0) is 30.3 Å². The molecule has 3 rings (SSSR count). The molecule has 7 nitrogen and oxygen atoms in total. The highest BCUT2D eigenvalue weighted by atomic mass is 32.2. The van der Waals surface area contributed by atoms with E-state index in [1.54, 1.807) is 6.20 Å². The van der Waals surface area contributed by atoms with Gasteiger partial charge in [0.05, 0.1) is 16.5 Å². The molecule has 0 saturated carbocycles. The zero-order valence-electron chi connectivity index (χ0n) is 15.8. The second-order valence-electron chi connectivity index (χ2n) is 7.52. The molecule has 2 heterocycles. The molecule has 0 aliphatic carbocycles. The van der Waals surface area contributed by atoms with Crippen LogP contribution in [0, 0.1) is 11.3 Å². The second-order valence-corrected chi connectivity index (χ2v) is 9.45. The Morgan fingerprint density at radius 3 is 2.22 bits per heavy atom. The standard InChI is InChI=1S/C19H23N5O2S/c1-19(2,3)18-21-9-8-17(22-18)23-10-12-24(13-11-23)27(25,26)16-6-4-15(14-20)5-7-16/h4-9H,10-13H2,1-3H3. The van der Waals surface area contributed by atoms with Crippen molar-refractivity contribution in [3.8, 4) is 6.07 Å². The summed E-state index contributed by atoms with van der Waals surface area (Å²) in [5.74, 6) is 1.60. The predicted molar refractivity (Wildman–Crippen MR) is 103 cm³/mol. The summed E-state index contributed by atoms with van der Waals surface area (Å²) < 4.78 is 27.1. The molecule has 1 aliphatic heterocycles. The average Bonchev–Trinajstić information content (AvgIpc) is 2.67. The Balaban J connectivity index is 1.72. The maximum atomic E-state index is 12.8. The Morgan fingerprint density at radius 2 is 1.67 bits per heavy atom. The van der Waals surface area contributed by atoms with E-state index in [0.29, 0.717) is 31.7 Å². The SMILES string of the molecule is CC(C)(C)c1nccc(N2CCN(S(=O)(=O)c3ccc(C#N)cc3)CC2)n1. The van der Waals surface area contributed by atoms with Gasteiger partial charge in [-0.3, -0.25) is 0 Å². The van der Waals surface area contributed by atoms with Gasteiger partial charge in [0, 0.05) is 37.8 Å². The maximum Gasteiger partial charge on any atom is 0.243 e. The first-order chi connectivity index (χ1) is 12.7. The summed E-state index contributed by atoms with van der Waals surface area (Å²) in [6.07, 6.45) is 1.75. The van der Waals surface area contributed by atoms with Crippen molar-refractivity contribution >= 4 is 15.8 Å². The first-order valence-corrected chi connectivity index (χ1v) is 10.2. The summed E-state index contributed by atoms with van der Waals surface area (Å²) in [5.41, 5.74) is 0.300. The van der Waals surface area contributed by atoms with E-state index < -0.39 is 10.0 Å². The van der Waals surface area contributed by atoms with Gasteiger partial charge >= 0.3 is 0 Å². The molecule has 1 fully saturated rings. The van der Waals surface area contributed by atoms with Crippen LogP contribution in [0.4, 0.5) is 5.82 Å². The Bertz CT molecular complexity index is 951. The predicted octanol–water partition coefficient (Wildman–Crippen LogP) is 2.16. The van der Waals surface area contributed by atoms with Crippen molar-refractivity contribution in [1.82, 2.24) is 14.3 Å². The van der Waals surface area contributed by atoms with Crippen molar-refractivity contribution in [2.24, 2.45) is 0 Å². The number of sulfonamides is 1. The molecule has 1 aromatic heterocycles.